The number of alkyl halides is 3. The molecular weight excluding hydrogens is 219 g/mol. The van der Waals surface area contributed by atoms with E-state index in [1.807, 2.05) is 6.92 Å². The molecule has 0 spiro atoms. The summed E-state index contributed by atoms with van der Waals surface area (Å²) in [4.78, 5) is 0. The molecular formula is C11H20F3NO. The van der Waals surface area contributed by atoms with Crippen molar-refractivity contribution in [1.29, 1.82) is 0 Å². The van der Waals surface area contributed by atoms with Crippen LogP contribution in [0, 0.1) is 5.92 Å². The Hall–Kier alpha value is -0.290. The number of halogens is 3. The van der Waals surface area contributed by atoms with Gasteiger partial charge in [0.1, 0.15) is 0 Å². The minimum Gasteiger partial charge on any atom is -0.381 e. The Labute approximate surface area is 94.5 Å². The van der Waals surface area contributed by atoms with Crippen molar-refractivity contribution in [2.45, 2.75) is 44.8 Å². The summed E-state index contributed by atoms with van der Waals surface area (Å²) in [5, 5.41) is 3.20. The van der Waals surface area contributed by atoms with Crippen molar-refractivity contribution < 1.29 is 17.9 Å². The first kappa shape index (κ1) is 13.8. The first-order chi connectivity index (χ1) is 7.53. The van der Waals surface area contributed by atoms with Crippen LogP contribution in [-0.4, -0.2) is 32.0 Å². The highest BCUT2D eigenvalue weighted by Crippen LogP contribution is 2.26. The minimum atomic E-state index is -4.05. The topological polar surface area (TPSA) is 21.3 Å². The van der Waals surface area contributed by atoms with E-state index in [1.54, 1.807) is 0 Å². The average Bonchev–Trinajstić information content (AvgIpc) is 2.69. The molecule has 0 bridgehead atoms. The lowest BCUT2D eigenvalue weighted by atomic mass is 9.94. The van der Waals surface area contributed by atoms with E-state index in [1.165, 1.54) is 0 Å². The molecule has 1 N–H and O–H groups in total. The molecule has 0 saturated carbocycles. The zero-order valence-electron chi connectivity index (χ0n) is 9.65. The van der Waals surface area contributed by atoms with Crippen molar-refractivity contribution in [2.24, 2.45) is 5.92 Å². The fraction of sp³-hybridized carbons (Fsp3) is 1.00. The molecule has 0 amide bonds. The second-order valence-electron chi connectivity index (χ2n) is 4.34. The highest BCUT2D eigenvalue weighted by atomic mass is 19.4. The van der Waals surface area contributed by atoms with E-state index >= 15 is 0 Å². The van der Waals surface area contributed by atoms with Crippen LogP contribution >= 0.6 is 0 Å². The molecule has 2 atom stereocenters. The molecule has 1 rings (SSSR count). The summed E-state index contributed by atoms with van der Waals surface area (Å²) in [6.45, 7) is 4.07. The molecule has 1 saturated heterocycles. The van der Waals surface area contributed by atoms with Gasteiger partial charge in [-0.25, -0.2) is 0 Å². The molecule has 5 heteroatoms. The van der Waals surface area contributed by atoms with E-state index in [0.717, 1.165) is 19.4 Å². The van der Waals surface area contributed by atoms with Gasteiger partial charge >= 0.3 is 6.18 Å². The molecule has 1 aliphatic heterocycles. The first-order valence-electron chi connectivity index (χ1n) is 5.91. The van der Waals surface area contributed by atoms with E-state index in [9.17, 15) is 13.2 Å². The SMILES string of the molecule is CCCNC(CCC(F)(F)F)C1CCOC1. The van der Waals surface area contributed by atoms with Crippen molar-refractivity contribution in [2.75, 3.05) is 19.8 Å². The van der Waals surface area contributed by atoms with Crippen LogP contribution in [-0.2, 0) is 4.74 Å². The number of rotatable bonds is 6. The summed E-state index contributed by atoms with van der Waals surface area (Å²) < 4.78 is 41.7. The Morgan fingerprint density at radius 1 is 1.44 bits per heavy atom. The molecule has 1 aliphatic rings. The van der Waals surface area contributed by atoms with Gasteiger partial charge < -0.3 is 10.1 Å². The average molecular weight is 239 g/mol. The normalized spacial score (nSPS) is 23.6. The quantitative estimate of drug-likeness (QED) is 0.769. The van der Waals surface area contributed by atoms with E-state index < -0.39 is 12.6 Å². The van der Waals surface area contributed by atoms with Crippen LogP contribution in [0.15, 0.2) is 0 Å². The van der Waals surface area contributed by atoms with Gasteiger partial charge in [0.15, 0.2) is 0 Å². The summed E-state index contributed by atoms with van der Waals surface area (Å²) >= 11 is 0. The van der Waals surface area contributed by atoms with Crippen LogP contribution in [0.25, 0.3) is 0 Å². The largest absolute Gasteiger partial charge is 0.389 e. The highest BCUT2D eigenvalue weighted by molar-refractivity contribution is 4.80. The van der Waals surface area contributed by atoms with Gasteiger partial charge in [-0.1, -0.05) is 6.92 Å². The maximum absolute atomic E-state index is 12.2. The number of hydrogen-bond donors (Lipinski definition) is 1. The van der Waals surface area contributed by atoms with Gasteiger partial charge in [-0.2, -0.15) is 13.2 Å². The molecule has 0 aliphatic carbocycles. The molecule has 1 fully saturated rings. The maximum atomic E-state index is 12.2. The predicted octanol–water partition coefficient (Wildman–Crippen LogP) is 2.73. The second kappa shape index (κ2) is 6.45. The van der Waals surface area contributed by atoms with Crippen molar-refractivity contribution in [1.82, 2.24) is 5.32 Å². The van der Waals surface area contributed by atoms with Crippen LogP contribution in [0.2, 0.25) is 0 Å². The maximum Gasteiger partial charge on any atom is 0.389 e. The van der Waals surface area contributed by atoms with Crippen molar-refractivity contribution >= 4 is 0 Å². The Morgan fingerprint density at radius 3 is 2.69 bits per heavy atom. The Balaban J connectivity index is 2.36. The zero-order valence-corrected chi connectivity index (χ0v) is 9.65. The first-order valence-corrected chi connectivity index (χ1v) is 5.91. The smallest absolute Gasteiger partial charge is 0.381 e. The minimum absolute atomic E-state index is 0.0518. The van der Waals surface area contributed by atoms with Gasteiger partial charge in [0.25, 0.3) is 0 Å². The predicted molar refractivity (Wildman–Crippen MR) is 56.3 cm³/mol. The molecule has 2 unspecified atom stereocenters. The molecule has 2 nitrogen and oxygen atoms in total. The van der Waals surface area contributed by atoms with Gasteiger partial charge in [-0.05, 0) is 31.7 Å². The standard InChI is InChI=1S/C11H20F3NO/c1-2-6-15-10(3-5-11(12,13)14)9-4-7-16-8-9/h9-10,15H,2-8H2,1H3. The monoisotopic (exact) mass is 239 g/mol. The van der Waals surface area contributed by atoms with Gasteiger partial charge in [0.05, 0.1) is 6.61 Å². The van der Waals surface area contributed by atoms with Crippen molar-refractivity contribution in [3.05, 3.63) is 0 Å². The molecule has 0 aromatic heterocycles. The summed E-state index contributed by atoms with van der Waals surface area (Å²) in [6.07, 6.45) is -2.77. The Kier molecular flexibility index (Phi) is 5.55. The van der Waals surface area contributed by atoms with Gasteiger partial charge in [-0.3, -0.25) is 0 Å². The van der Waals surface area contributed by atoms with Crippen LogP contribution in [0.3, 0.4) is 0 Å². The number of hydrogen-bond acceptors (Lipinski definition) is 2. The summed E-state index contributed by atoms with van der Waals surface area (Å²) in [7, 11) is 0. The molecule has 16 heavy (non-hydrogen) atoms. The molecule has 0 aromatic carbocycles. The lowest BCUT2D eigenvalue weighted by Crippen LogP contribution is -2.38. The molecule has 96 valence electrons. The third kappa shape index (κ3) is 5.16. The molecule has 0 radical (unpaired) electrons. The van der Waals surface area contributed by atoms with Crippen LogP contribution in [0.1, 0.15) is 32.6 Å². The molecule has 0 aromatic rings. The lowest BCUT2D eigenvalue weighted by molar-refractivity contribution is -0.137. The lowest BCUT2D eigenvalue weighted by Gasteiger charge is -2.24. The van der Waals surface area contributed by atoms with E-state index in [0.29, 0.717) is 13.2 Å². The summed E-state index contributed by atoms with van der Waals surface area (Å²) in [5.74, 6) is 0.244. The van der Waals surface area contributed by atoms with Gasteiger partial charge in [0.2, 0.25) is 0 Å². The van der Waals surface area contributed by atoms with E-state index in [4.69, 9.17) is 4.74 Å². The second-order valence-corrected chi connectivity index (χ2v) is 4.34. The van der Waals surface area contributed by atoms with Crippen molar-refractivity contribution in [3.8, 4) is 0 Å². The summed E-state index contributed by atoms with van der Waals surface area (Å²) in [5.41, 5.74) is 0. The van der Waals surface area contributed by atoms with Crippen molar-refractivity contribution in [3.63, 3.8) is 0 Å². The summed E-state index contributed by atoms with van der Waals surface area (Å²) in [6, 6.07) is -0.0518. The Morgan fingerprint density at radius 2 is 2.19 bits per heavy atom. The fourth-order valence-corrected chi connectivity index (χ4v) is 2.02. The third-order valence-electron chi connectivity index (χ3n) is 2.93. The molecule has 1 heterocycles. The fourth-order valence-electron chi connectivity index (χ4n) is 2.02. The van der Waals surface area contributed by atoms with Gasteiger partial charge in [-0.15, -0.1) is 0 Å². The van der Waals surface area contributed by atoms with E-state index in [2.05, 4.69) is 5.32 Å². The Bertz CT molecular complexity index is 190. The third-order valence-corrected chi connectivity index (χ3v) is 2.93. The highest BCUT2D eigenvalue weighted by Gasteiger charge is 2.32. The number of ether oxygens (including phenoxy) is 1. The van der Waals surface area contributed by atoms with Gasteiger partial charge in [0, 0.05) is 19.1 Å². The van der Waals surface area contributed by atoms with Crippen LogP contribution in [0.5, 0.6) is 0 Å². The van der Waals surface area contributed by atoms with Crippen LogP contribution in [0.4, 0.5) is 13.2 Å². The van der Waals surface area contributed by atoms with E-state index in [-0.39, 0.29) is 18.4 Å². The van der Waals surface area contributed by atoms with Crippen LogP contribution < -0.4 is 5.32 Å². The number of nitrogens with one attached hydrogen (secondary N) is 1. The zero-order chi connectivity index (χ0) is 12.0.